The van der Waals surface area contributed by atoms with Gasteiger partial charge in [-0.1, -0.05) is 0 Å². The highest BCUT2D eigenvalue weighted by Gasteiger charge is 2.16. The van der Waals surface area contributed by atoms with Crippen LogP contribution in [0.5, 0.6) is 0 Å². The summed E-state index contributed by atoms with van der Waals surface area (Å²) in [6, 6.07) is 6.03. The first-order valence-electron chi connectivity index (χ1n) is 5.79. The molecule has 6 heteroatoms. The fourth-order valence-corrected chi connectivity index (χ4v) is 2.08. The molecule has 0 bridgehead atoms. The van der Waals surface area contributed by atoms with Crippen LogP contribution in [0.4, 0.5) is 14.7 Å². The summed E-state index contributed by atoms with van der Waals surface area (Å²) >= 11 is 0. The monoisotopic (exact) mass is 263 g/mol. The minimum absolute atomic E-state index is 0.0871. The third kappa shape index (κ3) is 1.95. The van der Waals surface area contributed by atoms with E-state index in [1.165, 1.54) is 10.6 Å². The molecule has 0 saturated heterocycles. The van der Waals surface area contributed by atoms with Crippen molar-refractivity contribution >= 4 is 17.0 Å². The quantitative estimate of drug-likeness (QED) is 0.790. The number of benzene rings is 1. The molecule has 3 rings (SSSR count). The standard InChI is InChI=1S/C13H11F2N3O/c14-9-3-4-10-12(11(9)15)18(13(16)17-10)6-5-8-2-1-7-19-8/h1-4,7H,5-6H2,(H2,16,17). The second-order valence-corrected chi connectivity index (χ2v) is 4.18. The molecule has 0 saturated carbocycles. The van der Waals surface area contributed by atoms with E-state index in [1.54, 1.807) is 12.3 Å². The minimum atomic E-state index is -0.929. The number of rotatable bonds is 3. The van der Waals surface area contributed by atoms with Crippen LogP contribution in [-0.4, -0.2) is 9.55 Å². The highest BCUT2D eigenvalue weighted by molar-refractivity contribution is 5.79. The average Bonchev–Trinajstić information content (AvgIpc) is 2.99. The predicted molar refractivity (Wildman–Crippen MR) is 66.5 cm³/mol. The van der Waals surface area contributed by atoms with E-state index < -0.39 is 11.6 Å². The Morgan fingerprint density at radius 1 is 1.26 bits per heavy atom. The lowest BCUT2D eigenvalue weighted by Gasteiger charge is -2.05. The van der Waals surface area contributed by atoms with Crippen molar-refractivity contribution in [3.05, 3.63) is 47.9 Å². The van der Waals surface area contributed by atoms with Crippen LogP contribution >= 0.6 is 0 Å². The van der Waals surface area contributed by atoms with Gasteiger partial charge in [0.15, 0.2) is 11.6 Å². The largest absolute Gasteiger partial charge is 0.469 e. The van der Waals surface area contributed by atoms with Gasteiger partial charge in [0.2, 0.25) is 5.95 Å². The Hall–Kier alpha value is -2.37. The van der Waals surface area contributed by atoms with Crippen LogP contribution in [0.15, 0.2) is 34.9 Å². The first-order valence-corrected chi connectivity index (χ1v) is 5.79. The van der Waals surface area contributed by atoms with E-state index in [9.17, 15) is 8.78 Å². The third-order valence-electron chi connectivity index (χ3n) is 2.99. The Bertz CT molecular complexity index is 719. The zero-order valence-corrected chi connectivity index (χ0v) is 9.94. The predicted octanol–water partition coefficient (Wildman–Crippen LogP) is 2.73. The van der Waals surface area contributed by atoms with Crippen LogP contribution in [0.3, 0.4) is 0 Å². The van der Waals surface area contributed by atoms with E-state index >= 15 is 0 Å². The Labute approximate surface area is 107 Å². The lowest BCUT2D eigenvalue weighted by molar-refractivity contribution is 0.489. The van der Waals surface area contributed by atoms with Crippen molar-refractivity contribution < 1.29 is 13.2 Å². The summed E-state index contributed by atoms with van der Waals surface area (Å²) in [4.78, 5) is 4.02. The Morgan fingerprint density at radius 2 is 2.11 bits per heavy atom. The van der Waals surface area contributed by atoms with Gasteiger partial charge in [0.1, 0.15) is 11.3 Å². The van der Waals surface area contributed by atoms with E-state index in [0.717, 1.165) is 11.8 Å². The van der Waals surface area contributed by atoms with Crippen molar-refractivity contribution in [2.75, 3.05) is 5.73 Å². The number of furan rings is 1. The molecule has 0 radical (unpaired) electrons. The van der Waals surface area contributed by atoms with Crippen LogP contribution in [0, 0.1) is 11.6 Å². The zero-order chi connectivity index (χ0) is 13.4. The Balaban J connectivity index is 2.02. The van der Waals surface area contributed by atoms with Gasteiger partial charge in [-0.3, -0.25) is 0 Å². The lowest BCUT2D eigenvalue weighted by atomic mass is 10.2. The maximum Gasteiger partial charge on any atom is 0.201 e. The number of halogens is 2. The number of anilines is 1. The normalized spacial score (nSPS) is 11.3. The summed E-state index contributed by atoms with van der Waals surface area (Å²) in [5.41, 5.74) is 6.17. The molecule has 1 aromatic carbocycles. The molecule has 2 aromatic heterocycles. The van der Waals surface area contributed by atoms with Gasteiger partial charge in [0, 0.05) is 13.0 Å². The Morgan fingerprint density at radius 3 is 2.84 bits per heavy atom. The van der Waals surface area contributed by atoms with Crippen LogP contribution < -0.4 is 5.73 Å². The molecular weight excluding hydrogens is 252 g/mol. The molecule has 0 amide bonds. The van der Waals surface area contributed by atoms with Gasteiger partial charge >= 0.3 is 0 Å². The van der Waals surface area contributed by atoms with Crippen molar-refractivity contribution in [1.82, 2.24) is 9.55 Å². The molecule has 0 aliphatic rings. The minimum Gasteiger partial charge on any atom is -0.469 e. The van der Waals surface area contributed by atoms with Gasteiger partial charge in [-0.2, -0.15) is 0 Å². The van der Waals surface area contributed by atoms with Crippen LogP contribution in [0.1, 0.15) is 5.76 Å². The van der Waals surface area contributed by atoms with Crippen LogP contribution in [0.25, 0.3) is 11.0 Å². The molecular formula is C13H11F2N3O. The average molecular weight is 263 g/mol. The maximum atomic E-state index is 13.8. The number of hydrogen-bond acceptors (Lipinski definition) is 3. The number of hydrogen-bond donors (Lipinski definition) is 1. The van der Waals surface area contributed by atoms with Gasteiger partial charge in [-0.05, 0) is 24.3 Å². The number of nitrogens with zero attached hydrogens (tertiary/aromatic N) is 2. The zero-order valence-electron chi connectivity index (χ0n) is 9.94. The molecule has 19 heavy (non-hydrogen) atoms. The first kappa shape index (κ1) is 11.7. The van der Waals surface area contributed by atoms with E-state index in [-0.39, 0.29) is 11.5 Å². The molecule has 0 aliphatic heterocycles. The number of aryl methyl sites for hydroxylation is 2. The summed E-state index contributed by atoms with van der Waals surface area (Å²) in [6.07, 6.45) is 2.09. The molecule has 4 nitrogen and oxygen atoms in total. The second-order valence-electron chi connectivity index (χ2n) is 4.18. The fourth-order valence-electron chi connectivity index (χ4n) is 2.08. The molecule has 0 spiro atoms. The smallest absolute Gasteiger partial charge is 0.201 e. The second kappa shape index (κ2) is 4.38. The number of nitrogen functional groups attached to an aromatic ring is 1. The van der Waals surface area contributed by atoms with Gasteiger partial charge in [-0.25, -0.2) is 13.8 Å². The molecule has 0 atom stereocenters. The molecule has 0 aliphatic carbocycles. The van der Waals surface area contributed by atoms with Gasteiger partial charge in [0.05, 0.1) is 11.8 Å². The highest BCUT2D eigenvalue weighted by atomic mass is 19.2. The summed E-state index contributed by atoms with van der Waals surface area (Å²) in [6.45, 7) is 0.371. The van der Waals surface area contributed by atoms with Crippen LogP contribution in [-0.2, 0) is 13.0 Å². The summed E-state index contributed by atoms with van der Waals surface area (Å²) in [7, 11) is 0. The molecule has 98 valence electrons. The number of imidazole rings is 1. The number of aromatic nitrogens is 2. The van der Waals surface area contributed by atoms with Crippen molar-refractivity contribution in [2.24, 2.45) is 0 Å². The van der Waals surface area contributed by atoms with Gasteiger partial charge in [0.25, 0.3) is 0 Å². The van der Waals surface area contributed by atoms with Gasteiger partial charge in [-0.15, -0.1) is 0 Å². The van der Waals surface area contributed by atoms with Crippen LogP contribution in [0.2, 0.25) is 0 Å². The highest BCUT2D eigenvalue weighted by Crippen LogP contribution is 2.23. The number of fused-ring (bicyclic) bond motifs is 1. The fraction of sp³-hybridized carbons (Fsp3) is 0.154. The Kier molecular flexibility index (Phi) is 2.70. The van der Waals surface area contributed by atoms with Gasteiger partial charge < -0.3 is 14.7 Å². The van der Waals surface area contributed by atoms with E-state index in [2.05, 4.69) is 4.98 Å². The third-order valence-corrected chi connectivity index (χ3v) is 2.99. The summed E-state index contributed by atoms with van der Waals surface area (Å²) in [5, 5.41) is 0. The maximum absolute atomic E-state index is 13.8. The molecule has 0 fully saturated rings. The van der Waals surface area contributed by atoms with Crippen molar-refractivity contribution in [3.63, 3.8) is 0 Å². The van der Waals surface area contributed by atoms with Crippen molar-refractivity contribution in [3.8, 4) is 0 Å². The van der Waals surface area contributed by atoms with Crippen molar-refractivity contribution in [1.29, 1.82) is 0 Å². The SMILES string of the molecule is Nc1nc2ccc(F)c(F)c2n1CCc1ccco1. The number of nitrogens with two attached hydrogens (primary N) is 1. The van der Waals surface area contributed by atoms with E-state index in [0.29, 0.717) is 18.5 Å². The lowest BCUT2D eigenvalue weighted by Crippen LogP contribution is -2.06. The molecule has 3 aromatic rings. The summed E-state index contributed by atoms with van der Waals surface area (Å²) in [5.74, 6) is -0.933. The van der Waals surface area contributed by atoms with E-state index in [4.69, 9.17) is 10.2 Å². The topological polar surface area (TPSA) is 57.0 Å². The molecule has 0 unspecified atom stereocenters. The first-order chi connectivity index (χ1) is 9.16. The van der Waals surface area contributed by atoms with E-state index in [1.807, 2.05) is 6.07 Å². The van der Waals surface area contributed by atoms with Crippen molar-refractivity contribution in [2.45, 2.75) is 13.0 Å². The molecule has 2 heterocycles. The molecule has 2 N–H and O–H groups in total. The summed E-state index contributed by atoms with van der Waals surface area (Å²) < 4.78 is 33.7.